The summed E-state index contributed by atoms with van der Waals surface area (Å²) in [5.41, 5.74) is 0. The lowest BCUT2D eigenvalue weighted by molar-refractivity contribution is 0.0901. The van der Waals surface area contributed by atoms with Crippen LogP contribution in [0.2, 0.25) is 0 Å². The molecule has 80 valence electrons. The molecule has 0 heteroatoms. The minimum Gasteiger partial charge on any atom is -0.0882 e. The van der Waals surface area contributed by atoms with Gasteiger partial charge in [0.1, 0.15) is 0 Å². The van der Waals surface area contributed by atoms with E-state index < -0.39 is 0 Å². The lowest BCUT2D eigenvalue weighted by atomic mass is 9.61. The molecule has 0 aromatic carbocycles. The van der Waals surface area contributed by atoms with E-state index in [0.29, 0.717) is 0 Å². The van der Waals surface area contributed by atoms with Crippen molar-refractivity contribution in [2.75, 3.05) is 0 Å². The van der Waals surface area contributed by atoms with Crippen LogP contribution in [0, 0.1) is 29.6 Å². The van der Waals surface area contributed by atoms with E-state index >= 15 is 0 Å². The minimum absolute atomic E-state index is 0.873. The van der Waals surface area contributed by atoms with E-state index in [9.17, 15) is 0 Å². The molecule has 4 atom stereocenters. The molecule has 0 N–H and O–H groups in total. The summed E-state index contributed by atoms with van der Waals surface area (Å²) < 4.78 is 0. The van der Waals surface area contributed by atoms with Crippen LogP contribution in [0.15, 0.2) is 12.2 Å². The van der Waals surface area contributed by atoms with E-state index in [-0.39, 0.29) is 0 Å². The second-order valence-electron chi connectivity index (χ2n) is 5.71. The van der Waals surface area contributed by atoms with Crippen molar-refractivity contribution in [1.29, 1.82) is 0 Å². The maximum Gasteiger partial charge on any atom is -0.0172 e. The number of allylic oxidation sites excluding steroid dienone is 2. The molecular formula is C14H24. The molecule has 0 bridgehead atoms. The Morgan fingerprint density at radius 2 is 1.93 bits per heavy atom. The predicted molar refractivity (Wildman–Crippen MR) is 62.1 cm³/mol. The number of hydrogen-bond acceptors (Lipinski definition) is 0. The van der Waals surface area contributed by atoms with Crippen LogP contribution in [0.3, 0.4) is 0 Å². The number of hydrogen-bond donors (Lipinski definition) is 0. The molecule has 14 heavy (non-hydrogen) atoms. The van der Waals surface area contributed by atoms with Crippen molar-refractivity contribution >= 4 is 0 Å². The van der Waals surface area contributed by atoms with Crippen molar-refractivity contribution in [1.82, 2.24) is 0 Å². The fourth-order valence-corrected chi connectivity index (χ4v) is 3.64. The highest BCUT2D eigenvalue weighted by Gasteiger charge is 2.37. The van der Waals surface area contributed by atoms with Crippen molar-refractivity contribution in [2.45, 2.75) is 46.5 Å². The van der Waals surface area contributed by atoms with Gasteiger partial charge in [0.2, 0.25) is 0 Å². The van der Waals surface area contributed by atoms with Gasteiger partial charge in [-0.25, -0.2) is 0 Å². The molecular weight excluding hydrogens is 168 g/mol. The van der Waals surface area contributed by atoms with Crippen LogP contribution >= 0.6 is 0 Å². The van der Waals surface area contributed by atoms with Crippen LogP contribution in [0.1, 0.15) is 46.5 Å². The molecule has 1 fully saturated rings. The van der Waals surface area contributed by atoms with E-state index in [1.807, 2.05) is 0 Å². The first-order chi connectivity index (χ1) is 6.70. The lowest BCUT2D eigenvalue weighted by Gasteiger charge is -2.44. The van der Waals surface area contributed by atoms with Crippen LogP contribution < -0.4 is 0 Å². The highest BCUT2D eigenvalue weighted by atomic mass is 14.4. The molecule has 0 aromatic rings. The zero-order chi connectivity index (χ0) is 10.1. The summed E-state index contributed by atoms with van der Waals surface area (Å²) in [4.78, 5) is 0. The van der Waals surface area contributed by atoms with Gasteiger partial charge < -0.3 is 0 Å². The van der Waals surface area contributed by atoms with Crippen LogP contribution in [0.25, 0.3) is 0 Å². The molecule has 2 rings (SSSR count). The average Bonchev–Trinajstić information content (AvgIpc) is 2.18. The lowest BCUT2D eigenvalue weighted by Crippen LogP contribution is -2.36. The van der Waals surface area contributed by atoms with Gasteiger partial charge in [0.25, 0.3) is 0 Å². The van der Waals surface area contributed by atoms with Gasteiger partial charge in [-0.2, -0.15) is 0 Å². The summed E-state index contributed by atoms with van der Waals surface area (Å²) in [6.45, 7) is 7.27. The first-order valence-corrected chi connectivity index (χ1v) is 6.37. The van der Waals surface area contributed by atoms with Gasteiger partial charge in [0.15, 0.2) is 0 Å². The monoisotopic (exact) mass is 192 g/mol. The van der Waals surface area contributed by atoms with Crippen LogP contribution in [-0.4, -0.2) is 0 Å². The smallest absolute Gasteiger partial charge is 0.0172 e. The maximum atomic E-state index is 2.54. The second kappa shape index (κ2) is 4.08. The molecule has 1 saturated carbocycles. The molecule has 0 heterocycles. The summed E-state index contributed by atoms with van der Waals surface area (Å²) in [5, 5.41) is 0. The normalized spacial score (nSPS) is 42.6. The molecule has 2 aliphatic carbocycles. The van der Waals surface area contributed by atoms with Gasteiger partial charge in [-0.3, -0.25) is 0 Å². The topological polar surface area (TPSA) is 0 Å². The quantitative estimate of drug-likeness (QED) is 0.544. The van der Waals surface area contributed by atoms with Crippen molar-refractivity contribution < 1.29 is 0 Å². The molecule has 0 aromatic heterocycles. The standard InChI is InChI=1S/C14H24/c1-10(2)12-9-8-11(3)13-6-4-5-7-14(12)13/h5,7,10-14H,4,6,8-9H2,1-3H3. The third-order valence-electron chi connectivity index (χ3n) is 4.56. The Balaban J connectivity index is 2.15. The Labute approximate surface area is 88.8 Å². The van der Waals surface area contributed by atoms with Crippen LogP contribution in [-0.2, 0) is 0 Å². The SMILES string of the molecule is CC(C)C1CCC(C)C2CCC=CC12. The fourth-order valence-electron chi connectivity index (χ4n) is 3.64. The highest BCUT2D eigenvalue weighted by molar-refractivity contribution is 5.03. The van der Waals surface area contributed by atoms with Crippen molar-refractivity contribution in [2.24, 2.45) is 29.6 Å². The third-order valence-corrected chi connectivity index (χ3v) is 4.56. The number of rotatable bonds is 1. The molecule has 0 radical (unpaired) electrons. The van der Waals surface area contributed by atoms with Crippen molar-refractivity contribution in [3.05, 3.63) is 12.2 Å². The first-order valence-electron chi connectivity index (χ1n) is 6.37. The van der Waals surface area contributed by atoms with Gasteiger partial charge in [0, 0.05) is 0 Å². The summed E-state index contributed by atoms with van der Waals surface area (Å²) in [6, 6.07) is 0. The Kier molecular flexibility index (Phi) is 2.99. The van der Waals surface area contributed by atoms with Gasteiger partial charge in [0.05, 0.1) is 0 Å². The van der Waals surface area contributed by atoms with Crippen LogP contribution in [0.5, 0.6) is 0 Å². The third kappa shape index (κ3) is 1.76. The van der Waals surface area contributed by atoms with Gasteiger partial charge >= 0.3 is 0 Å². The predicted octanol–water partition coefficient (Wildman–Crippen LogP) is 4.27. The minimum atomic E-state index is 0.873. The molecule has 0 saturated heterocycles. The summed E-state index contributed by atoms with van der Waals surface area (Å²) in [6.07, 6.45) is 10.7. The van der Waals surface area contributed by atoms with Crippen molar-refractivity contribution in [3.63, 3.8) is 0 Å². The van der Waals surface area contributed by atoms with Gasteiger partial charge in [-0.15, -0.1) is 0 Å². The summed E-state index contributed by atoms with van der Waals surface area (Å²) in [5.74, 6) is 4.72. The Bertz CT molecular complexity index is 214. The van der Waals surface area contributed by atoms with E-state index in [1.165, 1.54) is 25.7 Å². The summed E-state index contributed by atoms with van der Waals surface area (Å²) in [7, 11) is 0. The molecule has 0 nitrogen and oxygen atoms in total. The zero-order valence-electron chi connectivity index (χ0n) is 9.87. The van der Waals surface area contributed by atoms with E-state index in [1.54, 1.807) is 0 Å². The molecule has 0 amide bonds. The molecule has 2 aliphatic rings. The summed E-state index contributed by atoms with van der Waals surface area (Å²) >= 11 is 0. The molecule has 0 spiro atoms. The largest absolute Gasteiger partial charge is 0.0882 e. The van der Waals surface area contributed by atoms with E-state index in [4.69, 9.17) is 0 Å². The highest BCUT2D eigenvalue weighted by Crippen LogP contribution is 2.46. The van der Waals surface area contributed by atoms with E-state index in [2.05, 4.69) is 32.9 Å². The Hall–Kier alpha value is -0.260. The zero-order valence-corrected chi connectivity index (χ0v) is 9.87. The molecule has 0 aliphatic heterocycles. The fraction of sp³-hybridized carbons (Fsp3) is 0.857. The first kappa shape index (κ1) is 10.3. The van der Waals surface area contributed by atoms with Crippen LogP contribution in [0.4, 0.5) is 0 Å². The van der Waals surface area contributed by atoms with Gasteiger partial charge in [-0.05, 0) is 48.9 Å². The maximum absolute atomic E-state index is 2.54. The van der Waals surface area contributed by atoms with Gasteiger partial charge in [-0.1, -0.05) is 39.3 Å². The molecule has 4 unspecified atom stereocenters. The number of fused-ring (bicyclic) bond motifs is 1. The average molecular weight is 192 g/mol. The Morgan fingerprint density at radius 1 is 1.14 bits per heavy atom. The second-order valence-corrected chi connectivity index (χ2v) is 5.71. The Morgan fingerprint density at radius 3 is 2.64 bits per heavy atom. The van der Waals surface area contributed by atoms with Crippen molar-refractivity contribution in [3.8, 4) is 0 Å². The van der Waals surface area contributed by atoms with E-state index in [0.717, 1.165) is 29.6 Å².